The normalized spacial score (nSPS) is 14.5. The number of urea groups is 1. The van der Waals surface area contributed by atoms with Gasteiger partial charge in [0.15, 0.2) is 0 Å². The Bertz CT molecular complexity index is 392. The highest BCUT2D eigenvalue weighted by molar-refractivity contribution is 5.73. The van der Waals surface area contributed by atoms with E-state index in [9.17, 15) is 4.79 Å². The molecule has 0 fully saturated rings. The van der Waals surface area contributed by atoms with Crippen LogP contribution in [0.3, 0.4) is 0 Å². The molecule has 1 heterocycles. The van der Waals surface area contributed by atoms with Gasteiger partial charge < -0.3 is 4.90 Å². The lowest BCUT2D eigenvalue weighted by molar-refractivity contribution is -0.0769. The monoisotopic (exact) mass is 220 g/mol. The minimum Gasteiger partial charge on any atom is -0.318 e. The van der Waals surface area contributed by atoms with Crippen LogP contribution in [0.4, 0.5) is 4.79 Å². The fourth-order valence-electron chi connectivity index (χ4n) is 1.94. The van der Waals surface area contributed by atoms with Crippen LogP contribution in [-0.2, 0) is 17.8 Å². The van der Waals surface area contributed by atoms with Gasteiger partial charge in [-0.05, 0) is 17.5 Å². The Hall–Kier alpha value is -1.55. The Labute approximate surface area is 95.4 Å². The maximum absolute atomic E-state index is 11.9. The van der Waals surface area contributed by atoms with Crippen LogP contribution in [0.15, 0.2) is 24.3 Å². The molecular formula is C12H16N2O2. The second-order valence-corrected chi connectivity index (χ2v) is 3.90. The van der Waals surface area contributed by atoms with Crippen LogP contribution in [0.5, 0.6) is 0 Å². The fourth-order valence-corrected chi connectivity index (χ4v) is 1.94. The Balaban J connectivity index is 2.11. The smallest absolute Gasteiger partial charge is 0.318 e. The molecule has 1 aromatic carbocycles. The maximum atomic E-state index is 11.9. The number of carbonyl (C=O) groups is 1. The van der Waals surface area contributed by atoms with Crippen molar-refractivity contribution in [3.63, 3.8) is 0 Å². The van der Waals surface area contributed by atoms with Crippen molar-refractivity contribution in [1.82, 2.24) is 9.96 Å². The summed E-state index contributed by atoms with van der Waals surface area (Å²) < 4.78 is 0. The van der Waals surface area contributed by atoms with Gasteiger partial charge in [-0.2, -0.15) is 0 Å². The summed E-state index contributed by atoms with van der Waals surface area (Å²) in [6.07, 6.45) is 0.916. The molecule has 0 saturated heterocycles. The zero-order chi connectivity index (χ0) is 11.5. The van der Waals surface area contributed by atoms with Crippen LogP contribution in [0.25, 0.3) is 0 Å². The molecule has 0 bridgehead atoms. The molecule has 1 aliphatic rings. The Kier molecular flexibility index (Phi) is 3.10. The van der Waals surface area contributed by atoms with Crippen LogP contribution >= 0.6 is 0 Å². The number of amides is 2. The van der Waals surface area contributed by atoms with Crippen molar-refractivity contribution in [2.24, 2.45) is 0 Å². The molecule has 0 spiro atoms. The maximum Gasteiger partial charge on any atom is 0.343 e. The van der Waals surface area contributed by atoms with E-state index in [1.165, 1.54) is 23.3 Å². The van der Waals surface area contributed by atoms with Crippen LogP contribution in [0, 0.1) is 0 Å². The number of rotatable bonds is 1. The van der Waals surface area contributed by atoms with Crippen molar-refractivity contribution in [2.75, 3.05) is 20.7 Å². The lowest BCUT2D eigenvalue weighted by Crippen LogP contribution is -2.43. The number of hydrogen-bond donors (Lipinski definition) is 0. The number of hydroxylamine groups is 2. The van der Waals surface area contributed by atoms with E-state index in [0.29, 0.717) is 6.54 Å². The molecule has 0 saturated carbocycles. The minimum atomic E-state index is -0.0861. The first-order chi connectivity index (χ1) is 7.72. The van der Waals surface area contributed by atoms with Gasteiger partial charge in [0.2, 0.25) is 0 Å². The second kappa shape index (κ2) is 4.53. The molecule has 0 N–H and O–H groups in total. The summed E-state index contributed by atoms with van der Waals surface area (Å²) in [5.41, 5.74) is 2.57. The first kappa shape index (κ1) is 11.0. The summed E-state index contributed by atoms with van der Waals surface area (Å²) in [5.74, 6) is 0. The fraction of sp³-hybridized carbons (Fsp3) is 0.417. The highest BCUT2D eigenvalue weighted by Gasteiger charge is 2.22. The molecule has 2 rings (SSSR count). The van der Waals surface area contributed by atoms with E-state index in [4.69, 9.17) is 4.84 Å². The minimum absolute atomic E-state index is 0.0861. The number of benzene rings is 1. The van der Waals surface area contributed by atoms with E-state index in [2.05, 4.69) is 12.1 Å². The molecule has 0 atom stereocenters. The molecular weight excluding hydrogens is 204 g/mol. The predicted octanol–water partition coefficient (Wildman–Crippen LogP) is 1.66. The van der Waals surface area contributed by atoms with Crippen molar-refractivity contribution < 1.29 is 9.63 Å². The van der Waals surface area contributed by atoms with Gasteiger partial charge in [0, 0.05) is 20.1 Å². The summed E-state index contributed by atoms with van der Waals surface area (Å²) in [6.45, 7) is 1.42. The van der Waals surface area contributed by atoms with Gasteiger partial charge in [-0.25, -0.2) is 9.86 Å². The average Bonchev–Trinajstić information content (AvgIpc) is 2.36. The van der Waals surface area contributed by atoms with E-state index < -0.39 is 0 Å². The number of nitrogens with zero attached hydrogens (tertiary/aromatic N) is 2. The molecule has 2 amide bonds. The number of carbonyl (C=O) groups excluding carboxylic acids is 1. The largest absolute Gasteiger partial charge is 0.343 e. The SMILES string of the molecule is CON(C)C(=O)N1CCc2ccccc2C1. The van der Waals surface area contributed by atoms with Crippen molar-refractivity contribution in [3.05, 3.63) is 35.4 Å². The van der Waals surface area contributed by atoms with Crippen molar-refractivity contribution in [3.8, 4) is 0 Å². The highest BCUT2D eigenvalue weighted by Crippen LogP contribution is 2.19. The summed E-state index contributed by atoms with van der Waals surface area (Å²) in [7, 11) is 3.12. The van der Waals surface area contributed by atoms with Gasteiger partial charge in [-0.1, -0.05) is 24.3 Å². The molecule has 16 heavy (non-hydrogen) atoms. The van der Waals surface area contributed by atoms with Gasteiger partial charge in [-0.3, -0.25) is 4.84 Å². The zero-order valence-corrected chi connectivity index (χ0v) is 9.64. The Morgan fingerprint density at radius 2 is 2.06 bits per heavy atom. The lowest BCUT2D eigenvalue weighted by Gasteiger charge is -2.31. The first-order valence-corrected chi connectivity index (χ1v) is 5.36. The summed E-state index contributed by atoms with van der Waals surface area (Å²) in [4.78, 5) is 18.6. The quantitative estimate of drug-likeness (QED) is 0.674. The van der Waals surface area contributed by atoms with Crippen molar-refractivity contribution >= 4 is 6.03 Å². The van der Waals surface area contributed by atoms with E-state index >= 15 is 0 Å². The van der Waals surface area contributed by atoms with Gasteiger partial charge in [0.05, 0.1) is 7.11 Å². The van der Waals surface area contributed by atoms with Crippen molar-refractivity contribution in [1.29, 1.82) is 0 Å². The van der Waals surface area contributed by atoms with E-state index in [1.807, 2.05) is 12.1 Å². The third-order valence-corrected chi connectivity index (χ3v) is 2.94. The van der Waals surface area contributed by atoms with Crippen molar-refractivity contribution in [2.45, 2.75) is 13.0 Å². The molecule has 0 unspecified atom stereocenters. The Morgan fingerprint density at radius 1 is 1.38 bits per heavy atom. The van der Waals surface area contributed by atoms with Gasteiger partial charge in [0.1, 0.15) is 0 Å². The second-order valence-electron chi connectivity index (χ2n) is 3.90. The highest BCUT2D eigenvalue weighted by atomic mass is 16.7. The van der Waals surface area contributed by atoms with Crippen LogP contribution in [-0.4, -0.2) is 36.7 Å². The molecule has 86 valence electrons. The van der Waals surface area contributed by atoms with E-state index in [-0.39, 0.29) is 6.03 Å². The number of hydrogen-bond acceptors (Lipinski definition) is 2. The summed E-state index contributed by atoms with van der Waals surface area (Å²) in [6, 6.07) is 8.15. The molecule has 1 aliphatic heterocycles. The summed E-state index contributed by atoms with van der Waals surface area (Å²) >= 11 is 0. The first-order valence-electron chi connectivity index (χ1n) is 5.36. The van der Waals surface area contributed by atoms with Crippen LogP contribution in [0.2, 0.25) is 0 Å². The lowest BCUT2D eigenvalue weighted by atomic mass is 10.0. The molecule has 0 aromatic heterocycles. The molecule has 1 aromatic rings. The molecule has 0 aliphatic carbocycles. The van der Waals surface area contributed by atoms with Gasteiger partial charge in [-0.15, -0.1) is 0 Å². The molecule has 4 heteroatoms. The van der Waals surface area contributed by atoms with E-state index in [1.54, 1.807) is 11.9 Å². The summed E-state index contributed by atoms with van der Waals surface area (Å²) in [5, 5.41) is 1.26. The third kappa shape index (κ3) is 2.02. The molecule has 4 nitrogen and oxygen atoms in total. The topological polar surface area (TPSA) is 32.8 Å². The molecule has 0 radical (unpaired) electrons. The predicted molar refractivity (Wildman–Crippen MR) is 60.7 cm³/mol. The van der Waals surface area contributed by atoms with Crippen LogP contribution < -0.4 is 0 Å². The van der Waals surface area contributed by atoms with Crippen LogP contribution in [0.1, 0.15) is 11.1 Å². The zero-order valence-electron chi connectivity index (χ0n) is 9.64. The average molecular weight is 220 g/mol. The van der Waals surface area contributed by atoms with Gasteiger partial charge >= 0.3 is 6.03 Å². The standard InChI is InChI=1S/C12H16N2O2/c1-13(16-2)12(15)14-8-7-10-5-3-4-6-11(10)9-14/h3-6H,7-9H2,1-2H3. The van der Waals surface area contributed by atoms with E-state index in [0.717, 1.165) is 13.0 Å². The Morgan fingerprint density at radius 3 is 2.75 bits per heavy atom. The van der Waals surface area contributed by atoms with Gasteiger partial charge in [0.25, 0.3) is 0 Å². The number of fused-ring (bicyclic) bond motifs is 1. The third-order valence-electron chi connectivity index (χ3n) is 2.94.